The van der Waals surface area contributed by atoms with E-state index in [1.807, 2.05) is 0 Å². The number of nitrogens with zero attached hydrogens (tertiary/aromatic N) is 2. The SMILES string of the molecule is CC[C@H]1O[C@@H](n2ccc(=O)[nH]c2=O)C(O[Si](C)(C)C(C)(C)C)[C@H]1OP(C)N(C(C)C)C(C)C. The van der Waals surface area contributed by atoms with Gasteiger partial charge < -0.3 is 13.7 Å². The van der Waals surface area contributed by atoms with Crippen LogP contribution in [0.2, 0.25) is 18.1 Å². The van der Waals surface area contributed by atoms with Crippen molar-refractivity contribution >= 4 is 16.6 Å². The van der Waals surface area contributed by atoms with E-state index >= 15 is 0 Å². The Hall–Kier alpha value is -0.833. The quantitative estimate of drug-likeness (QED) is 0.391. The van der Waals surface area contributed by atoms with Gasteiger partial charge in [-0.1, -0.05) is 27.7 Å². The minimum atomic E-state index is -2.23. The van der Waals surface area contributed by atoms with E-state index in [1.54, 1.807) is 0 Å². The van der Waals surface area contributed by atoms with Gasteiger partial charge in [0, 0.05) is 24.3 Å². The van der Waals surface area contributed by atoms with Crippen molar-refractivity contribution in [2.75, 3.05) is 6.66 Å². The maximum atomic E-state index is 12.7. The number of hydrogen-bond acceptors (Lipinski definition) is 6. The van der Waals surface area contributed by atoms with Gasteiger partial charge >= 0.3 is 5.69 Å². The zero-order chi connectivity index (χ0) is 25.3. The molecule has 1 aromatic heterocycles. The summed E-state index contributed by atoms with van der Waals surface area (Å²) in [5.74, 6) is 0. The zero-order valence-electron chi connectivity index (χ0n) is 22.2. The van der Waals surface area contributed by atoms with E-state index in [4.69, 9.17) is 13.7 Å². The number of hydrogen-bond donors (Lipinski definition) is 1. The summed E-state index contributed by atoms with van der Waals surface area (Å²) in [7, 11) is -3.15. The molecule has 2 heterocycles. The van der Waals surface area contributed by atoms with Crippen LogP contribution in [0.3, 0.4) is 0 Å². The molecule has 1 saturated heterocycles. The Labute approximate surface area is 201 Å². The molecule has 8 nitrogen and oxygen atoms in total. The Morgan fingerprint density at radius 1 is 1.18 bits per heavy atom. The first kappa shape index (κ1) is 28.4. The van der Waals surface area contributed by atoms with Crippen molar-refractivity contribution in [3.05, 3.63) is 33.1 Å². The Bertz CT molecular complexity index is 887. The van der Waals surface area contributed by atoms with Crippen molar-refractivity contribution in [1.82, 2.24) is 14.2 Å². The van der Waals surface area contributed by atoms with E-state index in [9.17, 15) is 9.59 Å². The maximum Gasteiger partial charge on any atom is 0.330 e. The van der Waals surface area contributed by atoms with Crippen molar-refractivity contribution in [1.29, 1.82) is 0 Å². The highest BCUT2D eigenvalue weighted by Gasteiger charge is 2.52. The summed E-state index contributed by atoms with van der Waals surface area (Å²) in [6, 6.07) is 2.01. The Morgan fingerprint density at radius 2 is 1.76 bits per heavy atom. The van der Waals surface area contributed by atoms with Gasteiger partial charge in [0.2, 0.25) is 0 Å². The van der Waals surface area contributed by atoms with E-state index in [-0.39, 0.29) is 17.2 Å². The topological polar surface area (TPSA) is 85.8 Å². The molecule has 0 spiro atoms. The van der Waals surface area contributed by atoms with Gasteiger partial charge in [0.1, 0.15) is 20.5 Å². The molecule has 0 bridgehead atoms. The van der Waals surface area contributed by atoms with Gasteiger partial charge in [0.05, 0.1) is 6.10 Å². The highest BCUT2D eigenvalue weighted by atomic mass is 31.2. The molecule has 5 atom stereocenters. The first-order valence-corrected chi connectivity index (χ1v) is 16.5. The number of aromatic amines is 1. The average molecular weight is 502 g/mol. The Balaban J connectivity index is 2.52. The average Bonchev–Trinajstić information content (AvgIpc) is 2.96. The number of nitrogens with one attached hydrogen (secondary N) is 1. The summed E-state index contributed by atoms with van der Waals surface area (Å²) in [6.07, 6.45) is 0.521. The molecule has 0 radical (unpaired) electrons. The van der Waals surface area contributed by atoms with Crippen LogP contribution in [0.5, 0.6) is 0 Å². The van der Waals surface area contributed by atoms with Gasteiger partial charge in [-0.2, -0.15) is 0 Å². The molecule has 190 valence electrons. The molecule has 1 aliphatic rings. The second-order valence-electron chi connectivity index (χ2n) is 10.9. The van der Waals surface area contributed by atoms with Crippen LogP contribution in [0.1, 0.15) is 68.0 Å². The molecular formula is C23H44N3O5PSi. The van der Waals surface area contributed by atoms with Gasteiger partial charge in [0.15, 0.2) is 14.5 Å². The van der Waals surface area contributed by atoms with E-state index in [1.165, 1.54) is 16.8 Å². The van der Waals surface area contributed by atoms with Gasteiger partial charge in [0.25, 0.3) is 5.56 Å². The minimum absolute atomic E-state index is 0.0266. The summed E-state index contributed by atoms with van der Waals surface area (Å²) in [4.78, 5) is 26.7. The number of rotatable bonds is 9. The lowest BCUT2D eigenvalue weighted by Gasteiger charge is -2.42. The molecule has 1 aromatic rings. The molecule has 0 amide bonds. The largest absolute Gasteiger partial charge is 0.407 e. The van der Waals surface area contributed by atoms with Gasteiger partial charge in [-0.15, -0.1) is 0 Å². The van der Waals surface area contributed by atoms with Crippen LogP contribution in [0.25, 0.3) is 0 Å². The third-order valence-corrected chi connectivity index (χ3v) is 13.3. The van der Waals surface area contributed by atoms with Crippen molar-refractivity contribution in [3.63, 3.8) is 0 Å². The molecule has 2 unspecified atom stereocenters. The molecule has 1 fully saturated rings. The molecule has 2 rings (SSSR count). The summed E-state index contributed by atoms with van der Waals surface area (Å²) in [6.45, 7) is 23.9. The lowest BCUT2D eigenvalue weighted by atomic mass is 10.1. The van der Waals surface area contributed by atoms with Crippen LogP contribution >= 0.6 is 8.30 Å². The molecule has 1 aliphatic heterocycles. The normalized spacial score (nSPS) is 25.4. The molecule has 33 heavy (non-hydrogen) atoms. The van der Waals surface area contributed by atoms with Crippen molar-refractivity contribution < 1.29 is 13.7 Å². The highest BCUT2D eigenvalue weighted by Crippen LogP contribution is 2.49. The van der Waals surface area contributed by atoms with Crippen LogP contribution in [-0.2, 0) is 13.7 Å². The summed E-state index contributed by atoms with van der Waals surface area (Å²) >= 11 is 0. The van der Waals surface area contributed by atoms with Crippen LogP contribution in [0, 0.1) is 0 Å². The molecule has 0 saturated carbocycles. The summed E-state index contributed by atoms with van der Waals surface area (Å²) < 4.78 is 23.9. The van der Waals surface area contributed by atoms with Crippen LogP contribution in [0.15, 0.2) is 21.9 Å². The maximum absolute atomic E-state index is 12.7. The predicted octanol–water partition coefficient (Wildman–Crippen LogP) is 4.68. The molecular weight excluding hydrogens is 457 g/mol. The van der Waals surface area contributed by atoms with Crippen LogP contribution in [0.4, 0.5) is 0 Å². The number of ether oxygens (including phenoxy) is 1. The first-order valence-electron chi connectivity index (χ1n) is 11.9. The van der Waals surface area contributed by atoms with Gasteiger partial charge in [-0.25, -0.2) is 4.79 Å². The van der Waals surface area contributed by atoms with Gasteiger partial charge in [-0.3, -0.25) is 19.0 Å². The molecule has 0 aromatic carbocycles. The molecule has 10 heteroatoms. The van der Waals surface area contributed by atoms with Crippen LogP contribution < -0.4 is 11.2 Å². The monoisotopic (exact) mass is 501 g/mol. The van der Waals surface area contributed by atoms with E-state index in [0.29, 0.717) is 12.1 Å². The first-order chi connectivity index (χ1) is 15.1. The van der Waals surface area contributed by atoms with E-state index in [0.717, 1.165) is 6.42 Å². The fraction of sp³-hybridized carbons (Fsp3) is 0.826. The predicted molar refractivity (Wildman–Crippen MR) is 137 cm³/mol. The van der Waals surface area contributed by atoms with E-state index < -0.39 is 40.2 Å². The van der Waals surface area contributed by atoms with Crippen molar-refractivity contribution in [2.45, 2.75) is 117 Å². The lowest BCUT2D eigenvalue weighted by molar-refractivity contribution is -0.0372. The van der Waals surface area contributed by atoms with Crippen molar-refractivity contribution in [3.8, 4) is 0 Å². The summed E-state index contributed by atoms with van der Waals surface area (Å²) in [5, 5.41) is -0.0266. The molecule has 0 aliphatic carbocycles. The van der Waals surface area contributed by atoms with E-state index in [2.05, 4.69) is 84.8 Å². The minimum Gasteiger partial charge on any atom is -0.407 e. The zero-order valence-corrected chi connectivity index (χ0v) is 24.1. The van der Waals surface area contributed by atoms with Crippen molar-refractivity contribution in [2.24, 2.45) is 0 Å². The fourth-order valence-electron chi connectivity index (χ4n) is 4.14. The Kier molecular flexibility index (Phi) is 9.32. The Morgan fingerprint density at radius 3 is 2.21 bits per heavy atom. The van der Waals surface area contributed by atoms with Gasteiger partial charge in [-0.05, 0) is 58.9 Å². The smallest absolute Gasteiger partial charge is 0.330 e. The third kappa shape index (κ3) is 6.44. The fourth-order valence-corrected chi connectivity index (χ4v) is 7.44. The van der Waals surface area contributed by atoms with Crippen LogP contribution in [-0.4, -0.2) is 59.6 Å². The summed E-state index contributed by atoms with van der Waals surface area (Å²) in [5.41, 5.74) is -0.936. The third-order valence-electron chi connectivity index (χ3n) is 6.71. The number of aromatic nitrogens is 2. The standard InChI is InChI=1S/C23H44N3O5PSi/c1-12-17-19(30-32(9)26(15(2)3)16(4)5)20(31-33(10,11)23(6,7)8)21(29-17)25-14-13-18(27)24-22(25)28/h13-17,19-21H,12H2,1-11H3,(H,24,27,28)/t17-,19+,20?,21-,32?/m1/s1. The second kappa shape index (κ2) is 10.8. The highest BCUT2D eigenvalue weighted by molar-refractivity contribution is 7.49. The second-order valence-corrected chi connectivity index (χ2v) is 17.3. The lowest BCUT2D eigenvalue weighted by Crippen LogP contribution is -2.50. The number of H-pyrrole nitrogens is 1. The molecule has 1 N–H and O–H groups in total.